The Labute approximate surface area is 163 Å². The molecule has 1 amide bonds. The van der Waals surface area contributed by atoms with Gasteiger partial charge in [-0.25, -0.2) is 4.39 Å². The molecule has 28 heavy (non-hydrogen) atoms. The molecule has 2 aromatic carbocycles. The van der Waals surface area contributed by atoms with E-state index >= 15 is 0 Å². The molecule has 2 heterocycles. The van der Waals surface area contributed by atoms with Crippen molar-refractivity contribution in [1.29, 1.82) is 0 Å². The minimum atomic E-state index is -0.295. The molecule has 1 unspecified atom stereocenters. The highest BCUT2D eigenvalue weighted by atomic mass is 19.1. The van der Waals surface area contributed by atoms with Gasteiger partial charge in [-0.1, -0.05) is 12.1 Å². The standard InChI is InChI=1S/C22H23FN4O/c1-15-4-3-5-19(12-15)27-11-10-26(14-16(27)2)22(28)21-13-20(24-25-21)17-6-8-18(23)9-7-17/h3-9,12-13,16H,10-11,14H2,1-2H3,(H,24,25). The molecule has 1 aromatic heterocycles. The van der Waals surface area contributed by atoms with Crippen molar-refractivity contribution >= 4 is 11.6 Å². The van der Waals surface area contributed by atoms with E-state index in [1.807, 2.05) is 4.90 Å². The van der Waals surface area contributed by atoms with Crippen LogP contribution in [0.15, 0.2) is 54.6 Å². The van der Waals surface area contributed by atoms with E-state index in [4.69, 9.17) is 0 Å². The number of nitrogens with zero attached hydrogens (tertiary/aromatic N) is 3. The summed E-state index contributed by atoms with van der Waals surface area (Å²) >= 11 is 0. The summed E-state index contributed by atoms with van der Waals surface area (Å²) in [5.41, 5.74) is 4.29. The predicted octanol–water partition coefficient (Wildman–Crippen LogP) is 3.88. The van der Waals surface area contributed by atoms with Crippen molar-refractivity contribution in [3.8, 4) is 11.3 Å². The van der Waals surface area contributed by atoms with Gasteiger partial charge in [0.1, 0.15) is 11.5 Å². The van der Waals surface area contributed by atoms with Crippen LogP contribution in [-0.4, -0.2) is 46.7 Å². The van der Waals surface area contributed by atoms with Gasteiger partial charge in [0.15, 0.2) is 0 Å². The Morgan fingerprint density at radius 3 is 2.64 bits per heavy atom. The van der Waals surface area contributed by atoms with Gasteiger partial charge < -0.3 is 9.80 Å². The summed E-state index contributed by atoms with van der Waals surface area (Å²) < 4.78 is 13.1. The molecule has 0 aliphatic carbocycles. The highest BCUT2D eigenvalue weighted by Gasteiger charge is 2.28. The number of H-pyrrole nitrogens is 1. The summed E-state index contributed by atoms with van der Waals surface area (Å²) in [4.78, 5) is 17.1. The smallest absolute Gasteiger partial charge is 0.272 e. The lowest BCUT2D eigenvalue weighted by atomic mass is 10.1. The molecular weight excluding hydrogens is 355 g/mol. The quantitative estimate of drug-likeness (QED) is 0.753. The average molecular weight is 378 g/mol. The van der Waals surface area contributed by atoms with E-state index in [9.17, 15) is 9.18 Å². The maximum atomic E-state index is 13.1. The summed E-state index contributed by atoms with van der Waals surface area (Å²) in [7, 11) is 0. The number of aromatic nitrogens is 2. The number of nitrogens with one attached hydrogen (secondary N) is 1. The molecule has 0 saturated carbocycles. The number of halogens is 1. The van der Waals surface area contributed by atoms with Crippen molar-refractivity contribution < 1.29 is 9.18 Å². The van der Waals surface area contributed by atoms with E-state index in [2.05, 4.69) is 53.2 Å². The third kappa shape index (κ3) is 3.63. The molecule has 4 rings (SSSR count). The molecule has 3 aromatic rings. The number of hydrogen-bond acceptors (Lipinski definition) is 3. The Morgan fingerprint density at radius 1 is 1.14 bits per heavy atom. The second-order valence-electron chi connectivity index (χ2n) is 7.31. The molecule has 1 N–H and O–H groups in total. The molecule has 1 saturated heterocycles. The number of hydrogen-bond donors (Lipinski definition) is 1. The van der Waals surface area contributed by atoms with Gasteiger partial charge in [0.05, 0.1) is 5.69 Å². The Hall–Kier alpha value is -3.15. The van der Waals surface area contributed by atoms with Crippen molar-refractivity contribution in [2.75, 3.05) is 24.5 Å². The van der Waals surface area contributed by atoms with Crippen LogP contribution in [0.3, 0.4) is 0 Å². The van der Waals surface area contributed by atoms with E-state index in [0.29, 0.717) is 24.5 Å². The lowest BCUT2D eigenvalue weighted by molar-refractivity contribution is 0.0720. The molecule has 1 atom stereocenters. The molecule has 0 bridgehead atoms. The van der Waals surface area contributed by atoms with Crippen LogP contribution in [-0.2, 0) is 0 Å². The average Bonchev–Trinajstić information content (AvgIpc) is 3.18. The van der Waals surface area contributed by atoms with Crippen molar-refractivity contribution in [1.82, 2.24) is 15.1 Å². The molecule has 6 heteroatoms. The number of amides is 1. The normalized spacial score (nSPS) is 17.0. The number of carbonyl (C=O) groups excluding carboxylic acids is 1. The first-order valence-electron chi connectivity index (χ1n) is 9.45. The van der Waals surface area contributed by atoms with Gasteiger partial charge in [-0.3, -0.25) is 9.89 Å². The molecule has 0 radical (unpaired) electrons. The number of benzene rings is 2. The minimum absolute atomic E-state index is 0.0587. The summed E-state index contributed by atoms with van der Waals surface area (Å²) in [6.07, 6.45) is 0. The number of rotatable bonds is 3. The zero-order valence-corrected chi connectivity index (χ0v) is 16.0. The Kier molecular flexibility index (Phi) is 4.86. The number of anilines is 1. The zero-order valence-electron chi connectivity index (χ0n) is 16.0. The minimum Gasteiger partial charge on any atom is -0.365 e. The Morgan fingerprint density at radius 2 is 1.93 bits per heavy atom. The van der Waals surface area contributed by atoms with Gasteiger partial charge >= 0.3 is 0 Å². The van der Waals surface area contributed by atoms with E-state index in [-0.39, 0.29) is 17.8 Å². The lowest BCUT2D eigenvalue weighted by Gasteiger charge is -2.41. The molecule has 5 nitrogen and oxygen atoms in total. The Balaban J connectivity index is 1.46. The van der Waals surface area contributed by atoms with Crippen molar-refractivity contribution in [2.45, 2.75) is 19.9 Å². The Bertz CT molecular complexity index is 982. The molecule has 0 spiro atoms. The first-order chi connectivity index (χ1) is 13.5. The van der Waals surface area contributed by atoms with E-state index < -0.39 is 0 Å². The van der Waals surface area contributed by atoms with Crippen LogP contribution in [0.5, 0.6) is 0 Å². The summed E-state index contributed by atoms with van der Waals surface area (Å²) in [6.45, 7) is 6.32. The van der Waals surface area contributed by atoms with Gasteiger partial charge in [-0.2, -0.15) is 5.10 Å². The highest BCUT2D eigenvalue weighted by molar-refractivity contribution is 5.93. The fourth-order valence-corrected chi connectivity index (χ4v) is 3.70. The van der Waals surface area contributed by atoms with Gasteiger partial charge in [-0.05, 0) is 61.9 Å². The third-order valence-corrected chi connectivity index (χ3v) is 5.20. The molecule has 144 valence electrons. The molecule has 1 aliphatic rings. The number of piperazine rings is 1. The van der Waals surface area contributed by atoms with Crippen molar-refractivity contribution in [3.63, 3.8) is 0 Å². The monoisotopic (exact) mass is 378 g/mol. The van der Waals surface area contributed by atoms with E-state index in [0.717, 1.165) is 12.1 Å². The van der Waals surface area contributed by atoms with Crippen LogP contribution in [0.2, 0.25) is 0 Å². The van der Waals surface area contributed by atoms with E-state index in [1.54, 1.807) is 18.2 Å². The SMILES string of the molecule is Cc1cccc(N2CCN(C(=O)c3cc(-c4ccc(F)cc4)n[nH]3)CC2C)c1. The molecule has 1 aliphatic heterocycles. The molecule has 1 fully saturated rings. The van der Waals surface area contributed by atoms with Crippen LogP contribution >= 0.6 is 0 Å². The van der Waals surface area contributed by atoms with Gasteiger partial charge in [0.2, 0.25) is 0 Å². The second kappa shape index (κ2) is 7.46. The summed E-state index contributed by atoms with van der Waals surface area (Å²) in [5, 5.41) is 7.05. The van der Waals surface area contributed by atoms with Gasteiger partial charge in [0.25, 0.3) is 5.91 Å². The van der Waals surface area contributed by atoms with Crippen LogP contribution in [0.4, 0.5) is 10.1 Å². The highest BCUT2D eigenvalue weighted by Crippen LogP contribution is 2.23. The number of aryl methyl sites for hydroxylation is 1. The lowest BCUT2D eigenvalue weighted by Crippen LogP contribution is -2.53. The van der Waals surface area contributed by atoms with Crippen LogP contribution < -0.4 is 4.90 Å². The first-order valence-corrected chi connectivity index (χ1v) is 9.45. The van der Waals surface area contributed by atoms with Gasteiger partial charge in [-0.15, -0.1) is 0 Å². The predicted molar refractivity (Wildman–Crippen MR) is 108 cm³/mol. The number of carbonyl (C=O) groups is 1. The second-order valence-corrected chi connectivity index (χ2v) is 7.31. The van der Waals surface area contributed by atoms with Crippen molar-refractivity contribution in [3.05, 3.63) is 71.7 Å². The number of aromatic amines is 1. The zero-order chi connectivity index (χ0) is 19.7. The maximum Gasteiger partial charge on any atom is 0.272 e. The van der Waals surface area contributed by atoms with Crippen LogP contribution in [0.1, 0.15) is 23.0 Å². The van der Waals surface area contributed by atoms with Gasteiger partial charge in [0, 0.05) is 36.9 Å². The summed E-state index contributed by atoms with van der Waals surface area (Å²) in [5.74, 6) is -0.354. The largest absolute Gasteiger partial charge is 0.365 e. The van der Waals surface area contributed by atoms with Crippen LogP contribution in [0, 0.1) is 12.7 Å². The topological polar surface area (TPSA) is 52.2 Å². The van der Waals surface area contributed by atoms with E-state index in [1.165, 1.54) is 23.4 Å². The fourth-order valence-electron chi connectivity index (χ4n) is 3.70. The summed E-state index contributed by atoms with van der Waals surface area (Å²) in [6, 6.07) is 16.5. The third-order valence-electron chi connectivity index (χ3n) is 5.20. The van der Waals surface area contributed by atoms with Crippen molar-refractivity contribution in [2.24, 2.45) is 0 Å². The maximum absolute atomic E-state index is 13.1. The molecular formula is C22H23FN4O. The first kappa shape index (κ1) is 18.2. The van der Waals surface area contributed by atoms with Crippen LogP contribution in [0.25, 0.3) is 11.3 Å². The fraction of sp³-hybridized carbons (Fsp3) is 0.273.